The van der Waals surface area contributed by atoms with Gasteiger partial charge in [-0.1, -0.05) is 12.1 Å². The number of piperazine rings is 1. The zero-order valence-corrected chi connectivity index (χ0v) is 18.4. The molecule has 31 heavy (non-hydrogen) atoms. The molecule has 1 fully saturated rings. The summed E-state index contributed by atoms with van der Waals surface area (Å²) in [7, 11) is 0. The molecule has 0 N–H and O–H groups in total. The van der Waals surface area contributed by atoms with Gasteiger partial charge in [0.05, 0.1) is 23.8 Å². The Morgan fingerprint density at radius 2 is 1.90 bits per heavy atom. The third kappa shape index (κ3) is 4.04. The van der Waals surface area contributed by atoms with E-state index in [1.165, 1.54) is 11.1 Å². The Kier molecular flexibility index (Phi) is 5.40. The SMILES string of the molecule is CC(C)n1cnc2cc(N3CCN(CCc4ccc5c(c4)CCO5)CC3)ccc2c1=O. The fourth-order valence-corrected chi connectivity index (χ4v) is 4.60. The summed E-state index contributed by atoms with van der Waals surface area (Å²) in [5, 5.41) is 0.693. The van der Waals surface area contributed by atoms with Crippen molar-refractivity contribution in [2.45, 2.75) is 32.7 Å². The summed E-state index contributed by atoms with van der Waals surface area (Å²) in [4.78, 5) is 22.1. The van der Waals surface area contributed by atoms with Crippen molar-refractivity contribution in [3.63, 3.8) is 0 Å². The first-order valence-corrected chi connectivity index (χ1v) is 11.3. The fourth-order valence-electron chi connectivity index (χ4n) is 4.60. The van der Waals surface area contributed by atoms with E-state index in [0.717, 1.165) is 69.1 Å². The van der Waals surface area contributed by atoms with Gasteiger partial charge in [0.1, 0.15) is 5.75 Å². The average Bonchev–Trinajstić information content (AvgIpc) is 3.26. The molecule has 0 aliphatic carbocycles. The van der Waals surface area contributed by atoms with Crippen LogP contribution in [0.3, 0.4) is 0 Å². The van der Waals surface area contributed by atoms with Crippen LogP contribution >= 0.6 is 0 Å². The molecule has 0 amide bonds. The lowest BCUT2D eigenvalue weighted by atomic mass is 10.1. The molecule has 0 atom stereocenters. The Morgan fingerprint density at radius 1 is 1.06 bits per heavy atom. The smallest absolute Gasteiger partial charge is 0.261 e. The van der Waals surface area contributed by atoms with Gasteiger partial charge in [-0.2, -0.15) is 0 Å². The molecule has 0 unspecified atom stereocenters. The van der Waals surface area contributed by atoms with Gasteiger partial charge in [0, 0.05) is 50.9 Å². The van der Waals surface area contributed by atoms with Gasteiger partial charge in [-0.3, -0.25) is 14.3 Å². The molecule has 0 radical (unpaired) electrons. The van der Waals surface area contributed by atoms with Crippen molar-refractivity contribution in [1.29, 1.82) is 0 Å². The van der Waals surface area contributed by atoms with Crippen LogP contribution in [0, 0.1) is 0 Å². The first-order chi connectivity index (χ1) is 15.1. The van der Waals surface area contributed by atoms with Crippen molar-refractivity contribution >= 4 is 16.6 Å². The molecule has 0 spiro atoms. The van der Waals surface area contributed by atoms with Gasteiger partial charge in [0.25, 0.3) is 5.56 Å². The minimum Gasteiger partial charge on any atom is -0.493 e. The summed E-state index contributed by atoms with van der Waals surface area (Å²) < 4.78 is 7.30. The van der Waals surface area contributed by atoms with E-state index in [2.05, 4.69) is 45.1 Å². The molecule has 2 aromatic carbocycles. The van der Waals surface area contributed by atoms with Crippen LogP contribution in [-0.4, -0.2) is 53.8 Å². The molecular weight excluding hydrogens is 388 g/mol. The lowest BCUT2D eigenvalue weighted by Crippen LogP contribution is -2.47. The lowest BCUT2D eigenvalue weighted by molar-refractivity contribution is 0.261. The third-order valence-electron chi connectivity index (χ3n) is 6.53. The lowest BCUT2D eigenvalue weighted by Gasteiger charge is -2.36. The number of benzene rings is 2. The molecule has 0 bridgehead atoms. The zero-order chi connectivity index (χ0) is 21.4. The van der Waals surface area contributed by atoms with E-state index in [1.807, 2.05) is 19.9 Å². The highest BCUT2D eigenvalue weighted by atomic mass is 16.5. The highest BCUT2D eigenvalue weighted by molar-refractivity contribution is 5.81. The molecule has 5 rings (SSSR count). The monoisotopic (exact) mass is 418 g/mol. The first kappa shape index (κ1) is 20.1. The number of rotatable bonds is 5. The summed E-state index contributed by atoms with van der Waals surface area (Å²) >= 11 is 0. The maximum Gasteiger partial charge on any atom is 0.261 e. The van der Waals surface area contributed by atoms with Gasteiger partial charge >= 0.3 is 0 Å². The fraction of sp³-hybridized carbons (Fsp3) is 0.440. The summed E-state index contributed by atoms with van der Waals surface area (Å²) in [5.41, 5.74) is 4.73. The van der Waals surface area contributed by atoms with Crippen LogP contribution in [0.5, 0.6) is 5.75 Å². The molecule has 3 heterocycles. The number of hydrogen-bond donors (Lipinski definition) is 0. The van der Waals surface area contributed by atoms with Crippen LogP contribution in [0.1, 0.15) is 31.0 Å². The first-order valence-electron chi connectivity index (χ1n) is 11.3. The van der Waals surface area contributed by atoms with Gasteiger partial charge in [0.2, 0.25) is 0 Å². The summed E-state index contributed by atoms with van der Waals surface area (Å²) in [5.74, 6) is 1.06. The van der Waals surface area contributed by atoms with Crippen molar-refractivity contribution < 1.29 is 4.74 Å². The molecule has 0 saturated carbocycles. The average molecular weight is 419 g/mol. The third-order valence-corrected chi connectivity index (χ3v) is 6.53. The number of nitrogens with zero attached hydrogens (tertiary/aromatic N) is 4. The quantitative estimate of drug-likeness (QED) is 0.637. The Balaban J connectivity index is 1.20. The summed E-state index contributed by atoms with van der Waals surface area (Å²) in [6, 6.07) is 12.8. The molecule has 1 aromatic heterocycles. The number of hydrogen-bond acceptors (Lipinski definition) is 5. The zero-order valence-electron chi connectivity index (χ0n) is 18.4. The van der Waals surface area contributed by atoms with Crippen LogP contribution in [0.4, 0.5) is 5.69 Å². The number of fused-ring (bicyclic) bond motifs is 2. The molecule has 1 saturated heterocycles. The van der Waals surface area contributed by atoms with Crippen molar-refractivity contribution in [2.24, 2.45) is 0 Å². The summed E-state index contributed by atoms with van der Waals surface area (Å²) in [6.07, 6.45) is 3.78. The highest BCUT2D eigenvalue weighted by Gasteiger charge is 2.19. The van der Waals surface area contributed by atoms with E-state index in [4.69, 9.17) is 4.74 Å². The number of anilines is 1. The maximum absolute atomic E-state index is 12.6. The molecule has 3 aromatic rings. The van der Waals surface area contributed by atoms with Crippen LogP contribution < -0.4 is 15.2 Å². The molecular formula is C25H30N4O2. The molecule has 6 heteroatoms. The van der Waals surface area contributed by atoms with Crippen LogP contribution in [-0.2, 0) is 12.8 Å². The second kappa shape index (κ2) is 8.35. The topological polar surface area (TPSA) is 50.6 Å². The van der Waals surface area contributed by atoms with Crippen molar-refractivity contribution in [3.05, 3.63) is 64.2 Å². The van der Waals surface area contributed by atoms with Gasteiger partial charge in [-0.25, -0.2) is 4.98 Å². The van der Waals surface area contributed by atoms with E-state index in [0.29, 0.717) is 5.39 Å². The second-order valence-corrected chi connectivity index (χ2v) is 8.87. The largest absolute Gasteiger partial charge is 0.493 e. The maximum atomic E-state index is 12.6. The number of ether oxygens (including phenoxy) is 1. The predicted octanol–water partition coefficient (Wildman–Crippen LogP) is 3.28. The van der Waals surface area contributed by atoms with Crippen molar-refractivity contribution in [1.82, 2.24) is 14.5 Å². The minimum absolute atomic E-state index is 0.0366. The van der Waals surface area contributed by atoms with E-state index >= 15 is 0 Å². The van der Waals surface area contributed by atoms with E-state index < -0.39 is 0 Å². The van der Waals surface area contributed by atoms with Crippen LogP contribution in [0.2, 0.25) is 0 Å². The molecule has 2 aliphatic heterocycles. The van der Waals surface area contributed by atoms with E-state index in [-0.39, 0.29) is 11.6 Å². The number of aromatic nitrogens is 2. The van der Waals surface area contributed by atoms with Gasteiger partial charge < -0.3 is 9.64 Å². The van der Waals surface area contributed by atoms with Gasteiger partial charge in [-0.05, 0) is 55.7 Å². The van der Waals surface area contributed by atoms with Crippen molar-refractivity contribution in [3.8, 4) is 5.75 Å². The Hall–Kier alpha value is -2.86. The molecule has 6 nitrogen and oxygen atoms in total. The Morgan fingerprint density at radius 3 is 2.71 bits per heavy atom. The van der Waals surface area contributed by atoms with E-state index in [1.54, 1.807) is 10.9 Å². The van der Waals surface area contributed by atoms with E-state index in [9.17, 15) is 4.79 Å². The Bertz CT molecular complexity index is 1150. The van der Waals surface area contributed by atoms with Crippen LogP contribution in [0.15, 0.2) is 47.5 Å². The van der Waals surface area contributed by atoms with Crippen molar-refractivity contribution in [2.75, 3.05) is 44.2 Å². The Labute approximate surface area is 183 Å². The van der Waals surface area contributed by atoms with Gasteiger partial charge in [-0.15, -0.1) is 0 Å². The summed E-state index contributed by atoms with van der Waals surface area (Å²) in [6.45, 7) is 9.99. The molecule has 162 valence electrons. The predicted molar refractivity (Wildman–Crippen MR) is 124 cm³/mol. The van der Waals surface area contributed by atoms with Gasteiger partial charge in [0.15, 0.2) is 0 Å². The van der Waals surface area contributed by atoms with Crippen LogP contribution in [0.25, 0.3) is 10.9 Å². The minimum atomic E-state index is 0.0366. The second-order valence-electron chi connectivity index (χ2n) is 8.87. The highest BCUT2D eigenvalue weighted by Crippen LogP contribution is 2.26. The normalized spacial score (nSPS) is 16.7. The standard InChI is InChI=1S/C25H30N4O2/c1-18(2)29-17-26-23-16-21(4-5-22(23)25(29)30)28-12-10-27(11-13-28)9-7-19-3-6-24-20(15-19)8-14-31-24/h3-6,15-18H,7-14H2,1-2H3. The molecule has 2 aliphatic rings.